The Morgan fingerprint density at radius 1 is 1.40 bits per heavy atom. The van der Waals surface area contributed by atoms with Gasteiger partial charge in [0.15, 0.2) is 5.82 Å². The first-order chi connectivity index (χ1) is 7.28. The molecule has 0 aliphatic heterocycles. The maximum Gasteiger partial charge on any atom is 0.164 e. The molecular weight excluding hydrogens is 192 g/mol. The number of phenols is 1. The minimum atomic E-state index is 0.256. The normalized spacial score (nSPS) is 10.5. The van der Waals surface area contributed by atoms with Crippen LogP contribution in [0.2, 0.25) is 0 Å². The Morgan fingerprint density at radius 3 is 2.93 bits per heavy atom. The second-order valence-electron chi connectivity index (χ2n) is 3.23. The Morgan fingerprint density at radius 2 is 2.27 bits per heavy atom. The second kappa shape index (κ2) is 4.10. The van der Waals surface area contributed by atoms with Gasteiger partial charge in [-0.1, -0.05) is 12.1 Å². The molecule has 0 saturated heterocycles. The van der Waals surface area contributed by atoms with E-state index in [9.17, 15) is 5.11 Å². The third-order valence-electron chi connectivity index (χ3n) is 2.02. The van der Waals surface area contributed by atoms with Gasteiger partial charge in [-0.25, -0.2) is 9.67 Å². The predicted octanol–water partition coefficient (Wildman–Crippen LogP) is 0.491. The average molecular weight is 204 g/mol. The first-order valence-electron chi connectivity index (χ1n) is 4.64. The van der Waals surface area contributed by atoms with Crippen LogP contribution in [0.5, 0.6) is 5.75 Å². The van der Waals surface area contributed by atoms with Gasteiger partial charge in [0.05, 0.1) is 13.1 Å². The molecule has 2 aromatic rings. The van der Waals surface area contributed by atoms with Gasteiger partial charge in [-0.2, -0.15) is 5.10 Å². The van der Waals surface area contributed by atoms with Crippen LogP contribution in [0, 0.1) is 0 Å². The Balaban J connectivity index is 2.14. The highest BCUT2D eigenvalue weighted by Gasteiger charge is 2.00. The summed E-state index contributed by atoms with van der Waals surface area (Å²) in [6.45, 7) is 0.925. The molecule has 0 unspecified atom stereocenters. The van der Waals surface area contributed by atoms with Crippen molar-refractivity contribution in [2.75, 3.05) is 0 Å². The van der Waals surface area contributed by atoms with Crippen molar-refractivity contribution in [2.45, 2.75) is 13.1 Å². The van der Waals surface area contributed by atoms with E-state index in [1.54, 1.807) is 29.2 Å². The van der Waals surface area contributed by atoms with Crippen molar-refractivity contribution in [1.29, 1.82) is 0 Å². The van der Waals surface area contributed by atoms with Crippen LogP contribution in [0.4, 0.5) is 0 Å². The van der Waals surface area contributed by atoms with E-state index in [1.165, 1.54) is 0 Å². The molecule has 0 fully saturated rings. The molecule has 0 radical (unpaired) electrons. The molecule has 0 bridgehead atoms. The molecular formula is C10H12N4O. The number of benzene rings is 1. The fraction of sp³-hybridized carbons (Fsp3) is 0.200. The van der Waals surface area contributed by atoms with Crippen LogP contribution in [0.15, 0.2) is 30.6 Å². The van der Waals surface area contributed by atoms with E-state index >= 15 is 0 Å². The topological polar surface area (TPSA) is 77.0 Å². The Labute approximate surface area is 87.2 Å². The molecule has 0 amide bonds. The van der Waals surface area contributed by atoms with Gasteiger partial charge >= 0.3 is 0 Å². The average Bonchev–Trinajstić information content (AvgIpc) is 2.65. The molecule has 5 nitrogen and oxygen atoms in total. The minimum Gasteiger partial charge on any atom is -0.508 e. The Kier molecular flexibility index (Phi) is 2.64. The van der Waals surface area contributed by atoms with Crippen molar-refractivity contribution >= 4 is 0 Å². The zero-order chi connectivity index (χ0) is 10.7. The van der Waals surface area contributed by atoms with Crippen LogP contribution < -0.4 is 5.73 Å². The van der Waals surface area contributed by atoms with Gasteiger partial charge in [-0.3, -0.25) is 0 Å². The van der Waals surface area contributed by atoms with Gasteiger partial charge in [0.1, 0.15) is 12.1 Å². The summed E-state index contributed by atoms with van der Waals surface area (Å²) >= 11 is 0. The largest absolute Gasteiger partial charge is 0.508 e. The smallest absolute Gasteiger partial charge is 0.164 e. The van der Waals surface area contributed by atoms with Crippen molar-refractivity contribution in [2.24, 2.45) is 5.73 Å². The zero-order valence-electron chi connectivity index (χ0n) is 8.17. The number of rotatable bonds is 3. The zero-order valence-corrected chi connectivity index (χ0v) is 8.17. The number of phenolic OH excluding ortho intramolecular Hbond substituents is 1. The molecule has 15 heavy (non-hydrogen) atoms. The van der Waals surface area contributed by atoms with E-state index in [2.05, 4.69) is 10.1 Å². The van der Waals surface area contributed by atoms with Crippen LogP contribution in [0.1, 0.15) is 11.4 Å². The summed E-state index contributed by atoms with van der Waals surface area (Å²) in [5.41, 5.74) is 6.38. The maximum absolute atomic E-state index is 9.28. The van der Waals surface area contributed by atoms with E-state index in [1.807, 2.05) is 6.07 Å². The summed E-state index contributed by atoms with van der Waals surface area (Å²) in [6.07, 6.45) is 1.63. The van der Waals surface area contributed by atoms with Gasteiger partial charge in [0.25, 0.3) is 0 Å². The lowest BCUT2D eigenvalue weighted by Crippen LogP contribution is -2.03. The molecule has 0 atom stereocenters. The SMILES string of the molecule is NCc1ncn(Cc2cccc(O)c2)n1. The van der Waals surface area contributed by atoms with E-state index in [-0.39, 0.29) is 5.75 Å². The number of hydrogen-bond acceptors (Lipinski definition) is 4. The molecule has 0 aliphatic carbocycles. The highest BCUT2D eigenvalue weighted by molar-refractivity contribution is 5.27. The molecule has 78 valence electrons. The van der Waals surface area contributed by atoms with E-state index in [4.69, 9.17) is 5.73 Å². The van der Waals surface area contributed by atoms with Crippen LogP contribution in [0.3, 0.4) is 0 Å². The van der Waals surface area contributed by atoms with E-state index < -0.39 is 0 Å². The first-order valence-corrected chi connectivity index (χ1v) is 4.64. The minimum absolute atomic E-state index is 0.256. The number of nitrogens with two attached hydrogens (primary N) is 1. The van der Waals surface area contributed by atoms with Gasteiger partial charge in [0, 0.05) is 0 Å². The monoisotopic (exact) mass is 204 g/mol. The molecule has 1 aromatic heterocycles. The second-order valence-corrected chi connectivity index (χ2v) is 3.23. The Hall–Kier alpha value is -1.88. The van der Waals surface area contributed by atoms with Crippen molar-refractivity contribution in [3.8, 4) is 5.75 Å². The molecule has 1 aromatic carbocycles. The van der Waals surface area contributed by atoms with Crippen LogP contribution >= 0.6 is 0 Å². The molecule has 3 N–H and O–H groups in total. The van der Waals surface area contributed by atoms with E-state index in [0.717, 1.165) is 5.56 Å². The summed E-state index contributed by atoms with van der Waals surface area (Å²) in [6, 6.07) is 7.05. The van der Waals surface area contributed by atoms with E-state index in [0.29, 0.717) is 18.9 Å². The summed E-state index contributed by atoms with van der Waals surface area (Å²) in [5.74, 6) is 0.877. The first kappa shape index (κ1) is 9.67. The van der Waals surface area contributed by atoms with Gasteiger partial charge in [-0.05, 0) is 17.7 Å². The van der Waals surface area contributed by atoms with Crippen LogP contribution in [0.25, 0.3) is 0 Å². The fourth-order valence-corrected chi connectivity index (χ4v) is 1.34. The van der Waals surface area contributed by atoms with Gasteiger partial charge in [0.2, 0.25) is 0 Å². The van der Waals surface area contributed by atoms with Crippen molar-refractivity contribution in [1.82, 2.24) is 14.8 Å². The molecule has 0 spiro atoms. The fourth-order valence-electron chi connectivity index (χ4n) is 1.34. The summed E-state index contributed by atoms with van der Waals surface area (Å²) < 4.78 is 1.69. The van der Waals surface area contributed by atoms with Crippen LogP contribution in [-0.2, 0) is 13.1 Å². The highest BCUT2D eigenvalue weighted by atomic mass is 16.3. The highest BCUT2D eigenvalue weighted by Crippen LogP contribution is 2.11. The molecule has 2 rings (SSSR count). The maximum atomic E-state index is 9.28. The number of aromatic nitrogens is 3. The van der Waals surface area contributed by atoms with Crippen molar-refractivity contribution in [3.63, 3.8) is 0 Å². The standard InChI is InChI=1S/C10H12N4O/c11-5-10-12-7-14(13-10)6-8-2-1-3-9(15)4-8/h1-4,7,15H,5-6,11H2. The number of hydrogen-bond donors (Lipinski definition) is 2. The number of nitrogens with zero attached hydrogens (tertiary/aromatic N) is 3. The van der Waals surface area contributed by atoms with Crippen LogP contribution in [-0.4, -0.2) is 19.9 Å². The molecule has 0 aliphatic rings. The Bertz CT molecular complexity index is 452. The van der Waals surface area contributed by atoms with Crippen molar-refractivity contribution < 1.29 is 5.11 Å². The molecule has 5 heteroatoms. The summed E-state index contributed by atoms with van der Waals surface area (Å²) in [5, 5.41) is 13.4. The number of aromatic hydroxyl groups is 1. The van der Waals surface area contributed by atoms with Gasteiger partial charge < -0.3 is 10.8 Å². The molecule has 0 saturated carbocycles. The summed E-state index contributed by atoms with van der Waals surface area (Å²) in [4.78, 5) is 4.02. The van der Waals surface area contributed by atoms with Crippen molar-refractivity contribution in [3.05, 3.63) is 42.0 Å². The lowest BCUT2D eigenvalue weighted by Gasteiger charge is -2.01. The summed E-state index contributed by atoms with van der Waals surface area (Å²) in [7, 11) is 0. The third-order valence-corrected chi connectivity index (χ3v) is 2.02. The third kappa shape index (κ3) is 2.32. The lowest BCUT2D eigenvalue weighted by atomic mass is 10.2. The lowest BCUT2D eigenvalue weighted by molar-refractivity contribution is 0.474. The van der Waals surface area contributed by atoms with Gasteiger partial charge in [-0.15, -0.1) is 0 Å². The molecule has 1 heterocycles. The predicted molar refractivity (Wildman–Crippen MR) is 55.1 cm³/mol. The quantitative estimate of drug-likeness (QED) is 0.762.